The maximum Gasteiger partial charge on any atom is 0.257 e. The van der Waals surface area contributed by atoms with Gasteiger partial charge in [-0.2, -0.15) is 4.98 Å². The van der Waals surface area contributed by atoms with Crippen molar-refractivity contribution < 1.29 is 18.8 Å². The molecule has 1 N–H and O–H groups in total. The highest BCUT2D eigenvalue weighted by molar-refractivity contribution is 5.95. The van der Waals surface area contributed by atoms with Crippen LogP contribution in [-0.2, 0) is 17.9 Å². The smallest absolute Gasteiger partial charge is 0.257 e. The van der Waals surface area contributed by atoms with Crippen LogP contribution in [0.4, 0.5) is 0 Å². The zero-order chi connectivity index (χ0) is 28.2. The number of carbonyl (C=O) groups excluding carboxylic acids is 2. The summed E-state index contributed by atoms with van der Waals surface area (Å²) >= 11 is 0. The number of rotatable bonds is 9. The van der Waals surface area contributed by atoms with Crippen LogP contribution < -0.4 is 10.1 Å². The summed E-state index contributed by atoms with van der Waals surface area (Å²) in [6, 6.07) is 23.3. The van der Waals surface area contributed by atoms with Crippen LogP contribution in [0.25, 0.3) is 11.5 Å². The Morgan fingerprint density at radius 2 is 1.88 bits per heavy atom. The van der Waals surface area contributed by atoms with Crippen LogP contribution in [-0.4, -0.2) is 57.4 Å². The van der Waals surface area contributed by atoms with Crippen LogP contribution in [0.1, 0.15) is 46.6 Å². The third-order valence-electron chi connectivity index (χ3n) is 7.58. The maximum atomic E-state index is 13.3. The van der Waals surface area contributed by atoms with E-state index in [4.69, 9.17) is 9.26 Å². The van der Waals surface area contributed by atoms with E-state index in [-0.39, 0.29) is 17.9 Å². The Morgan fingerprint density at radius 1 is 1.05 bits per heavy atom. The summed E-state index contributed by atoms with van der Waals surface area (Å²) in [5.41, 5.74) is 3.43. The van der Waals surface area contributed by atoms with Crippen molar-refractivity contribution >= 4 is 11.8 Å². The van der Waals surface area contributed by atoms with E-state index >= 15 is 0 Å². The lowest BCUT2D eigenvalue weighted by atomic mass is 10.1. The molecule has 2 fully saturated rings. The van der Waals surface area contributed by atoms with Crippen molar-refractivity contribution in [2.24, 2.45) is 0 Å². The summed E-state index contributed by atoms with van der Waals surface area (Å²) in [4.78, 5) is 34.1. The number of likely N-dealkylation sites (tertiary alicyclic amines) is 2. The summed E-state index contributed by atoms with van der Waals surface area (Å²) in [7, 11) is 0. The number of hydrogen-bond donors (Lipinski definition) is 1. The van der Waals surface area contributed by atoms with Crippen molar-refractivity contribution in [3.05, 3.63) is 95.3 Å². The summed E-state index contributed by atoms with van der Waals surface area (Å²) in [6.07, 6.45) is 2.33. The molecule has 3 aromatic carbocycles. The zero-order valence-electron chi connectivity index (χ0n) is 23.1. The zero-order valence-corrected chi connectivity index (χ0v) is 23.1. The lowest BCUT2D eigenvalue weighted by molar-refractivity contribution is -0.128. The molecule has 6 rings (SSSR count). The second-order valence-electron chi connectivity index (χ2n) is 10.7. The SMILES string of the molecule is Cc1noc(-c2ccc(Oc3cc(C(=O)NC4CCN(Cc5ccccc5)C4)ccc3CN3CCCC3=O)cc2)n1. The molecule has 0 saturated carbocycles. The molecule has 210 valence electrons. The van der Waals surface area contributed by atoms with Gasteiger partial charge in [-0.15, -0.1) is 0 Å². The van der Waals surface area contributed by atoms with Gasteiger partial charge in [0.15, 0.2) is 5.82 Å². The fraction of sp³-hybridized carbons (Fsp3) is 0.312. The van der Waals surface area contributed by atoms with E-state index in [0.717, 1.165) is 50.1 Å². The molecule has 1 atom stereocenters. The molecular formula is C32H33N5O4. The van der Waals surface area contributed by atoms with Gasteiger partial charge in [0.05, 0.1) is 0 Å². The monoisotopic (exact) mass is 551 g/mol. The van der Waals surface area contributed by atoms with E-state index in [0.29, 0.717) is 41.7 Å². The first-order valence-electron chi connectivity index (χ1n) is 14.1. The average molecular weight is 552 g/mol. The van der Waals surface area contributed by atoms with E-state index in [9.17, 15) is 9.59 Å². The highest BCUT2D eigenvalue weighted by Crippen LogP contribution is 2.30. The number of nitrogens with zero attached hydrogens (tertiary/aromatic N) is 4. The molecule has 0 aliphatic carbocycles. The van der Waals surface area contributed by atoms with Gasteiger partial charge in [0.2, 0.25) is 5.91 Å². The van der Waals surface area contributed by atoms with Crippen molar-refractivity contribution in [3.8, 4) is 23.0 Å². The minimum absolute atomic E-state index is 0.0818. The molecule has 41 heavy (non-hydrogen) atoms. The molecule has 2 aliphatic rings. The molecule has 3 heterocycles. The Bertz CT molecular complexity index is 1520. The first kappa shape index (κ1) is 26.7. The van der Waals surface area contributed by atoms with Gasteiger partial charge < -0.3 is 19.5 Å². The van der Waals surface area contributed by atoms with Crippen LogP contribution in [0.3, 0.4) is 0 Å². The highest BCUT2D eigenvalue weighted by atomic mass is 16.5. The molecule has 1 unspecified atom stereocenters. The Morgan fingerprint density at radius 3 is 2.61 bits per heavy atom. The first-order chi connectivity index (χ1) is 20.0. The molecule has 2 aliphatic heterocycles. The molecule has 2 saturated heterocycles. The van der Waals surface area contributed by atoms with E-state index < -0.39 is 0 Å². The second kappa shape index (κ2) is 11.9. The van der Waals surface area contributed by atoms with E-state index in [1.807, 2.05) is 47.4 Å². The van der Waals surface area contributed by atoms with Crippen molar-refractivity contribution in [2.75, 3.05) is 19.6 Å². The summed E-state index contributed by atoms with van der Waals surface area (Å²) in [5, 5.41) is 7.05. The summed E-state index contributed by atoms with van der Waals surface area (Å²) in [6.45, 7) is 5.56. The topological polar surface area (TPSA) is 101 Å². The number of aromatic nitrogens is 2. The molecule has 9 nitrogen and oxygen atoms in total. The molecular weight excluding hydrogens is 518 g/mol. The standard InChI is InChI=1S/C32H33N5O4/c1-22-33-32(41-35-22)24-11-13-28(14-12-24)40-29-18-25(9-10-26(29)20-37-16-5-8-30(37)38)31(39)34-27-15-17-36(21-27)19-23-6-3-2-4-7-23/h2-4,6-7,9-14,18,27H,5,8,15-17,19-21H2,1H3,(H,34,39). The molecule has 9 heteroatoms. The van der Waals surface area contributed by atoms with Gasteiger partial charge in [-0.1, -0.05) is 41.6 Å². The second-order valence-corrected chi connectivity index (χ2v) is 10.7. The van der Waals surface area contributed by atoms with Gasteiger partial charge in [-0.25, -0.2) is 0 Å². The lowest BCUT2D eigenvalue weighted by Crippen LogP contribution is -2.37. The number of hydrogen-bond acceptors (Lipinski definition) is 7. The van der Waals surface area contributed by atoms with Crippen LogP contribution in [0, 0.1) is 6.92 Å². The molecule has 0 bridgehead atoms. The molecule has 0 spiro atoms. The van der Waals surface area contributed by atoms with Gasteiger partial charge in [-0.05, 0) is 61.7 Å². The van der Waals surface area contributed by atoms with Crippen molar-refractivity contribution in [1.82, 2.24) is 25.3 Å². The van der Waals surface area contributed by atoms with Gasteiger partial charge in [-0.3, -0.25) is 14.5 Å². The number of ether oxygens (including phenoxy) is 1. The van der Waals surface area contributed by atoms with Crippen LogP contribution in [0.2, 0.25) is 0 Å². The fourth-order valence-corrected chi connectivity index (χ4v) is 5.41. The number of amides is 2. The van der Waals surface area contributed by atoms with Crippen molar-refractivity contribution in [3.63, 3.8) is 0 Å². The van der Waals surface area contributed by atoms with E-state index in [2.05, 4.69) is 44.6 Å². The minimum Gasteiger partial charge on any atom is -0.457 e. The Labute approximate surface area is 239 Å². The average Bonchev–Trinajstić information content (AvgIpc) is 3.72. The van der Waals surface area contributed by atoms with Crippen molar-refractivity contribution in [2.45, 2.75) is 45.3 Å². The summed E-state index contributed by atoms with van der Waals surface area (Å²) in [5.74, 6) is 2.17. The summed E-state index contributed by atoms with van der Waals surface area (Å²) < 4.78 is 11.6. The third-order valence-corrected chi connectivity index (χ3v) is 7.58. The molecule has 2 amide bonds. The van der Waals surface area contributed by atoms with Crippen LogP contribution in [0.5, 0.6) is 11.5 Å². The highest BCUT2D eigenvalue weighted by Gasteiger charge is 2.26. The van der Waals surface area contributed by atoms with Gasteiger partial charge in [0.25, 0.3) is 11.8 Å². The Hall–Kier alpha value is -4.50. The molecule has 0 radical (unpaired) electrons. The van der Waals surface area contributed by atoms with Crippen molar-refractivity contribution in [1.29, 1.82) is 0 Å². The lowest BCUT2D eigenvalue weighted by Gasteiger charge is -2.20. The quantitative estimate of drug-likeness (QED) is 0.314. The van der Waals surface area contributed by atoms with Gasteiger partial charge in [0.1, 0.15) is 11.5 Å². The Balaban J connectivity index is 1.16. The van der Waals surface area contributed by atoms with Gasteiger partial charge in [0, 0.05) is 61.9 Å². The number of benzene rings is 3. The van der Waals surface area contributed by atoms with Crippen LogP contribution >= 0.6 is 0 Å². The number of aryl methyl sites for hydroxylation is 1. The molecule has 1 aromatic heterocycles. The van der Waals surface area contributed by atoms with E-state index in [1.165, 1.54) is 5.56 Å². The van der Waals surface area contributed by atoms with Crippen LogP contribution in [0.15, 0.2) is 77.3 Å². The predicted octanol–water partition coefficient (Wildman–Crippen LogP) is 4.96. The largest absolute Gasteiger partial charge is 0.457 e. The number of carbonyl (C=O) groups is 2. The predicted molar refractivity (Wildman–Crippen MR) is 153 cm³/mol. The Kier molecular flexibility index (Phi) is 7.78. The molecule has 4 aromatic rings. The fourth-order valence-electron chi connectivity index (χ4n) is 5.41. The number of nitrogens with one attached hydrogen (secondary N) is 1. The van der Waals surface area contributed by atoms with Gasteiger partial charge >= 0.3 is 0 Å². The normalized spacial score (nSPS) is 17.2. The minimum atomic E-state index is -0.132. The third kappa shape index (κ3) is 6.47. The first-order valence-corrected chi connectivity index (χ1v) is 14.1. The van der Waals surface area contributed by atoms with E-state index in [1.54, 1.807) is 13.0 Å². The maximum absolute atomic E-state index is 13.3.